The summed E-state index contributed by atoms with van der Waals surface area (Å²) in [6.45, 7) is 4.42. The van der Waals surface area contributed by atoms with Crippen LogP contribution < -0.4 is 0 Å². The second-order valence-electron chi connectivity index (χ2n) is 9.47. The molecule has 228 valence electrons. The van der Waals surface area contributed by atoms with E-state index < -0.39 is 22.6 Å². The first kappa shape index (κ1) is 41.9. The number of hydrogen-bond donors (Lipinski definition) is 9. The zero-order chi connectivity index (χ0) is 28.8. The normalized spacial score (nSPS) is 12.2. The molecule has 10 nitrogen and oxygen atoms in total. The lowest BCUT2D eigenvalue weighted by atomic mass is 9.81. The molecule has 0 radical (unpaired) electrons. The van der Waals surface area contributed by atoms with Crippen molar-refractivity contribution in [3.05, 3.63) is 0 Å². The number of hydrogen-bond acceptors (Lipinski definition) is 10. The smallest absolute Gasteiger partial charge is 0.324 e. The first-order chi connectivity index (χ1) is 17.7. The molecule has 0 bridgehead atoms. The van der Waals surface area contributed by atoms with E-state index in [1.807, 2.05) is 0 Å². The van der Waals surface area contributed by atoms with Crippen LogP contribution in [0.4, 0.5) is 0 Å². The number of aliphatic hydroxyl groups excluding tert-OH is 3. The monoisotopic (exact) mass is 580 g/mol. The van der Waals surface area contributed by atoms with E-state index in [1.165, 1.54) is 83.5 Å². The van der Waals surface area contributed by atoms with Crippen molar-refractivity contribution in [2.45, 2.75) is 129 Å². The van der Waals surface area contributed by atoms with Gasteiger partial charge in [-0.2, -0.15) is 0 Å². The third kappa shape index (κ3) is 32.6. The Balaban J connectivity index is -0.00000125. The fourth-order valence-corrected chi connectivity index (χ4v) is 3.95. The summed E-state index contributed by atoms with van der Waals surface area (Å²) in [4.78, 5) is 43.4. The summed E-state index contributed by atoms with van der Waals surface area (Å²) in [7, 11) is -5.24. The Hall–Kier alpha value is 0.460. The van der Waals surface area contributed by atoms with E-state index in [9.17, 15) is 15.3 Å². The summed E-state index contributed by atoms with van der Waals surface area (Å²) >= 11 is 0. The maximum atomic E-state index is 9.81. The lowest BCUT2D eigenvalue weighted by Crippen LogP contribution is -2.46. The molecule has 0 spiro atoms. The zero-order valence-corrected chi connectivity index (χ0v) is 25.0. The molecule has 1 atom stereocenters. The number of unbranched alkanes of at least 4 members (excludes halogenated alkanes) is 14. The lowest BCUT2D eigenvalue weighted by molar-refractivity contribution is -0.117. The first-order valence-electron chi connectivity index (χ1n) is 13.8. The molecule has 0 aromatic carbocycles. The highest BCUT2D eigenvalue weighted by Gasteiger charge is 2.38. The minimum absolute atomic E-state index is 0.237. The molecule has 0 aliphatic carbocycles. The van der Waals surface area contributed by atoms with Crippen LogP contribution in [0.15, 0.2) is 0 Å². The summed E-state index contributed by atoms with van der Waals surface area (Å²) in [6.07, 6.45) is 20.5. The summed E-state index contributed by atoms with van der Waals surface area (Å²) in [5.74, 6) is 0. The molecule has 0 aliphatic rings. The molecule has 1 unspecified atom stereocenters. The van der Waals surface area contributed by atoms with Gasteiger partial charge in [-0.25, -0.2) is 0 Å². The van der Waals surface area contributed by atoms with Crippen molar-refractivity contribution in [2.75, 3.05) is 26.4 Å². The molecular formula is C25H58O10P2. The van der Waals surface area contributed by atoms with Gasteiger partial charge in [0.1, 0.15) is 0 Å². The van der Waals surface area contributed by atoms with Crippen LogP contribution in [0.1, 0.15) is 123 Å². The van der Waals surface area contributed by atoms with Gasteiger partial charge in [0.25, 0.3) is 0 Å². The summed E-state index contributed by atoms with van der Waals surface area (Å²) < 4.78 is 6.11. The molecular weight excluding hydrogens is 522 g/mol. The Bertz CT molecular complexity index is 397. The largest absolute Gasteiger partial charge is 0.396 e. The molecule has 37 heavy (non-hydrogen) atoms. The average molecular weight is 581 g/mol. The van der Waals surface area contributed by atoms with Crippen molar-refractivity contribution in [3.8, 4) is 0 Å². The van der Waals surface area contributed by atoms with Crippen molar-refractivity contribution in [3.63, 3.8) is 0 Å². The van der Waals surface area contributed by atoms with E-state index in [0.29, 0.717) is 6.61 Å². The van der Waals surface area contributed by atoms with Crippen LogP contribution in [0, 0.1) is 5.41 Å². The topological polar surface area (TPSA) is 191 Å². The molecule has 0 aromatic heterocycles. The molecule has 0 saturated heterocycles. The van der Waals surface area contributed by atoms with Crippen LogP contribution in [0.5, 0.6) is 0 Å². The van der Waals surface area contributed by atoms with Crippen molar-refractivity contribution in [2.24, 2.45) is 5.41 Å². The summed E-state index contributed by atoms with van der Waals surface area (Å²) in [5, 5.41) is 29.4. The Labute approximate surface area is 227 Å². The highest BCUT2D eigenvalue weighted by Crippen LogP contribution is 2.28. The molecule has 9 N–H and O–H groups in total. The quantitative estimate of drug-likeness (QED) is 0.0619. The molecule has 0 heterocycles. The summed E-state index contributed by atoms with van der Waals surface area (Å²) in [5.41, 5.74) is -0.929. The number of aliphatic hydroxyl groups is 3. The fourth-order valence-electron chi connectivity index (χ4n) is 3.95. The van der Waals surface area contributed by atoms with Crippen molar-refractivity contribution < 1.29 is 49.4 Å². The van der Waals surface area contributed by atoms with E-state index in [2.05, 4.69) is 13.8 Å². The van der Waals surface area contributed by atoms with Crippen molar-refractivity contribution >= 4 is 17.2 Å². The van der Waals surface area contributed by atoms with Gasteiger partial charge < -0.3 is 49.4 Å². The van der Waals surface area contributed by atoms with Gasteiger partial charge in [0, 0.05) is 6.61 Å². The van der Waals surface area contributed by atoms with Crippen molar-refractivity contribution in [1.29, 1.82) is 0 Å². The van der Waals surface area contributed by atoms with Crippen LogP contribution in [-0.4, -0.2) is 77.2 Å². The average Bonchev–Trinajstić information content (AvgIpc) is 2.84. The van der Waals surface area contributed by atoms with Crippen LogP contribution in [0.2, 0.25) is 0 Å². The Morgan fingerprint density at radius 3 is 1.14 bits per heavy atom. The highest BCUT2D eigenvalue weighted by molar-refractivity contribution is 7.38. The Morgan fingerprint density at radius 2 is 0.811 bits per heavy atom. The highest BCUT2D eigenvalue weighted by atomic mass is 31.2. The summed E-state index contributed by atoms with van der Waals surface area (Å²) in [6, 6.07) is 0. The van der Waals surface area contributed by atoms with Crippen LogP contribution >= 0.6 is 17.2 Å². The molecule has 0 aromatic rings. The van der Waals surface area contributed by atoms with Gasteiger partial charge in [0.05, 0.1) is 31.3 Å². The van der Waals surface area contributed by atoms with Gasteiger partial charge >= 0.3 is 17.2 Å². The standard InChI is InChI=1S/C25H52O4.2H3O3P/c1-3-5-7-9-11-13-15-17-19-24(25(21-26,22-27)23-28)29-20-18-16-14-12-10-8-6-4-2;2*1-4(2)3/h24,26-28H,3-23H2,1-2H3;2*1-3H. The van der Waals surface area contributed by atoms with Gasteiger partial charge in [0.2, 0.25) is 0 Å². The van der Waals surface area contributed by atoms with Crippen molar-refractivity contribution in [1.82, 2.24) is 0 Å². The third-order valence-electron chi connectivity index (χ3n) is 6.26. The number of rotatable bonds is 23. The minimum atomic E-state index is -2.62. The predicted octanol–water partition coefficient (Wildman–Crippen LogP) is 4.39. The maximum absolute atomic E-state index is 9.81. The van der Waals surface area contributed by atoms with Crippen LogP contribution in [-0.2, 0) is 4.74 Å². The lowest BCUT2D eigenvalue weighted by Gasteiger charge is -2.36. The van der Waals surface area contributed by atoms with Gasteiger partial charge in [-0.3, -0.25) is 0 Å². The minimum Gasteiger partial charge on any atom is -0.396 e. The Kier molecular flexibility index (Phi) is 37.0. The van der Waals surface area contributed by atoms with E-state index in [4.69, 9.17) is 34.1 Å². The predicted molar refractivity (Wildman–Crippen MR) is 150 cm³/mol. The second-order valence-corrected chi connectivity index (χ2v) is 10.5. The van der Waals surface area contributed by atoms with Crippen LogP contribution in [0.3, 0.4) is 0 Å². The van der Waals surface area contributed by atoms with Gasteiger partial charge in [0.15, 0.2) is 0 Å². The van der Waals surface area contributed by atoms with Gasteiger partial charge in [-0.15, -0.1) is 0 Å². The van der Waals surface area contributed by atoms with E-state index in [-0.39, 0.29) is 25.9 Å². The van der Waals surface area contributed by atoms with E-state index in [1.54, 1.807) is 0 Å². The maximum Gasteiger partial charge on any atom is 0.324 e. The first-order valence-corrected chi connectivity index (χ1v) is 16.2. The molecule has 0 aliphatic heterocycles. The van der Waals surface area contributed by atoms with Gasteiger partial charge in [-0.1, -0.05) is 110 Å². The van der Waals surface area contributed by atoms with Crippen LogP contribution in [0.25, 0.3) is 0 Å². The third-order valence-corrected chi connectivity index (χ3v) is 6.26. The fraction of sp³-hybridized carbons (Fsp3) is 1.00. The Morgan fingerprint density at radius 1 is 0.514 bits per heavy atom. The zero-order valence-electron chi connectivity index (χ0n) is 23.3. The van der Waals surface area contributed by atoms with Gasteiger partial charge in [-0.05, 0) is 12.8 Å². The molecule has 12 heteroatoms. The molecule has 0 rings (SSSR count). The SMILES string of the molecule is CCCCCCCCCCOC(CCCCCCCCCC)C(CO)(CO)CO.OP(O)O.OP(O)O. The molecule has 0 amide bonds. The second kappa shape index (κ2) is 32.7. The van der Waals surface area contributed by atoms with E-state index >= 15 is 0 Å². The molecule has 0 saturated carbocycles. The number of ether oxygens (including phenoxy) is 1. The molecule has 0 fully saturated rings. The van der Waals surface area contributed by atoms with E-state index in [0.717, 1.165) is 25.7 Å².